The van der Waals surface area contributed by atoms with Gasteiger partial charge in [0, 0.05) is 49.4 Å². The van der Waals surface area contributed by atoms with Crippen molar-refractivity contribution in [2.75, 3.05) is 0 Å². The molecule has 0 saturated carbocycles. The minimum atomic E-state index is -4.19. The molecule has 2 aliphatic rings. The van der Waals surface area contributed by atoms with Crippen molar-refractivity contribution in [3.05, 3.63) is 116 Å². The molecule has 6 rings (SSSR count). The maximum atomic E-state index is 13.3. The van der Waals surface area contributed by atoms with E-state index in [1.165, 1.54) is 12.1 Å². The highest BCUT2D eigenvalue weighted by Crippen LogP contribution is 2.29. The Kier molecular flexibility index (Phi) is 23.2. The third kappa shape index (κ3) is 17.9. The van der Waals surface area contributed by atoms with Crippen LogP contribution >= 0.6 is 33.9 Å². The SMILES string of the molecule is C.C.O=C(Cc1ccc(F)c(F)c1)c1c(Cl)cc2n1CCCCC2.O=C(Cc1ccc(F)c(F)c1)c1c(Cl)cc2n1CCCCC2.O=S(=O)(O)Cl.O=S(=O)=O.[2H]CC. The molecule has 0 unspecified atom stereocenters. The van der Waals surface area contributed by atoms with Gasteiger partial charge in [-0.2, -0.15) is 8.42 Å². The minimum absolute atomic E-state index is 0. The molecule has 0 fully saturated rings. The van der Waals surface area contributed by atoms with Gasteiger partial charge in [-0.1, -0.05) is 76.9 Å². The van der Waals surface area contributed by atoms with Crippen LogP contribution in [0.3, 0.4) is 0 Å². The number of hydrogen-bond acceptors (Lipinski definition) is 7. The fourth-order valence-electron chi connectivity index (χ4n) is 5.97. The number of rotatable bonds is 6. The first kappa shape index (κ1) is 51.5. The third-order valence-corrected chi connectivity index (χ3v) is 8.70. The molecule has 2 aliphatic heterocycles. The predicted octanol–water partition coefficient (Wildman–Crippen LogP) is 10.5. The van der Waals surface area contributed by atoms with Gasteiger partial charge in [0.05, 0.1) is 10.0 Å². The van der Waals surface area contributed by atoms with Crippen molar-refractivity contribution in [1.29, 1.82) is 0 Å². The van der Waals surface area contributed by atoms with E-state index in [2.05, 4.69) is 10.7 Å². The molecule has 1 N–H and O–H groups in total. The molecule has 0 atom stereocenters. The topological polar surface area (TPSA) is 150 Å². The van der Waals surface area contributed by atoms with Crippen LogP contribution < -0.4 is 0 Å². The average Bonchev–Trinajstić information content (AvgIpc) is 3.33. The van der Waals surface area contributed by atoms with Crippen LogP contribution in [-0.2, 0) is 58.7 Å². The van der Waals surface area contributed by atoms with Crippen molar-refractivity contribution < 1.29 is 54.1 Å². The van der Waals surface area contributed by atoms with Gasteiger partial charge in [0.25, 0.3) is 0 Å². The number of hydrogen-bond donors (Lipinski definition) is 1. The van der Waals surface area contributed by atoms with Crippen molar-refractivity contribution in [2.24, 2.45) is 0 Å². The summed E-state index contributed by atoms with van der Waals surface area (Å²) < 4.78 is 113. The van der Waals surface area contributed by atoms with Crippen LogP contribution in [-0.4, -0.2) is 46.3 Å². The number of nitrogens with zero attached hydrogens (tertiary/aromatic N) is 2. The highest BCUT2D eigenvalue weighted by molar-refractivity contribution is 8.09. The highest BCUT2D eigenvalue weighted by atomic mass is 35.7. The summed E-state index contributed by atoms with van der Waals surface area (Å²) in [6, 6.07) is 10.8. The Morgan fingerprint density at radius 1 is 0.702 bits per heavy atom. The van der Waals surface area contributed by atoms with Gasteiger partial charge in [-0.25, -0.2) is 17.6 Å². The highest BCUT2D eigenvalue weighted by Gasteiger charge is 2.23. The van der Waals surface area contributed by atoms with E-state index in [4.69, 9.17) is 50.2 Å². The van der Waals surface area contributed by atoms with E-state index < -0.39 is 43.2 Å². The molecule has 0 saturated heterocycles. The van der Waals surface area contributed by atoms with Crippen molar-refractivity contribution in [3.63, 3.8) is 0 Å². The normalized spacial score (nSPS) is 13.0. The van der Waals surface area contributed by atoms with Crippen LogP contribution in [0.5, 0.6) is 0 Å². The quantitative estimate of drug-likeness (QED) is 0.0870. The Morgan fingerprint density at radius 3 is 1.32 bits per heavy atom. The van der Waals surface area contributed by atoms with E-state index in [-0.39, 0.29) is 39.3 Å². The number of fused-ring (bicyclic) bond motifs is 2. The van der Waals surface area contributed by atoms with Gasteiger partial charge in [-0.3, -0.25) is 14.1 Å². The average molecular weight is 907 g/mol. The predicted molar refractivity (Wildman–Crippen MR) is 215 cm³/mol. The molecule has 10 nitrogen and oxygen atoms in total. The number of carbonyl (C=O) groups is 2. The molecule has 0 bridgehead atoms. The number of ketones is 2. The fraction of sp³-hybridized carbons (Fsp3) is 0.421. The molecule has 57 heavy (non-hydrogen) atoms. The Labute approximate surface area is 348 Å². The van der Waals surface area contributed by atoms with Crippen molar-refractivity contribution >= 4 is 65.4 Å². The van der Waals surface area contributed by atoms with E-state index in [0.29, 0.717) is 39.5 Å². The summed E-state index contributed by atoms with van der Waals surface area (Å²) in [4.78, 5) is 25.1. The second-order valence-corrected chi connectivity index (χ2v) is 15.1. The van der Waals surface area contributed by atoms with E-state index in [1.54, 1.807) is 6.92 Å². The first-order valence-corrected chi connectivity index (χ1v) is 20.7. The van der Waals surface area contributed by atoms with Crippen LogP contribution in [0.4, 0.5) is 17.6 Å². The molecular weight excluding hydrogens is 859 g/mol. The largest absolute Gasteiger partial charge is 0.425 e. The van der Waals surface area contributed by atoms with Gasteiger partial charge in [-0.15, -0.1) is 12.6 Å². The van der Waals surface area contributed by atoms with E-state index in [9.17, 15) is 27.2 Å². The van der Waals surface area contributed by atoms with Gasteiger partial charge in [0.15, 0.2) is 34.8 Å². The number of carbonyl (C=O) groups excluding carboxylic acids is 2. The summed E-state index contributed by atoms with van der Waals surface area (Å²) in [5.41, 5.74) is 4.03. The Morgan fingerprint density at radius 2 is 1.02 bits per heavy atom. The van der Waals surface area contributed by atoms with Crippen LogP contribution in [0, 0.1) is 23.3 Å². The maximum Gasteiger partial charge on any atom is 0.425 e. The van der Waals surface area contributed by atoms with Crippen molar-refractivity contribution in [3.8, 4) is 0 Å². The van der Waals surface area contributed by atoms with Crippen molar-refractivity contribution in [1.82, 2.24) is 9.13 Å². The Bertz CT molecular complexity index is 2070. The lowest BCUT2D eigenvalue weighted by atomic mass is 10.1. The van der Waals surface area contributed by atoms with Crippen LogP contribution in [0.15, 0.2) is 48.5 Å². The van der Waals surface area contributed by atoms with Gasteiger partial charge < -0.3 is 9.13 Å². The number of benzene rings is 2. The summed E-state index contributed by atoms with van der Waals surface area (Å²) in [6.07, 6.45) is 8.35. The van der Waals surface area contributed by atoms with Gasteiger partial charge in [0.2, 0.25) is 0 Å². The third-order valence-electron chi connectivity index (χ3n) is 8.13. The lowest BCUT2D eigenvalue weighted by Gasteiger charge is -2.10. The maximum absolute atomic E-state index is 13.3. The van der Waals surface area contributed by atoms with Crippen LogP contribution in [0.25, 0.3) is 0 Å². The molecule has 318 valence electrons. The zero-order chi connectivity index (χ0) is 42.2. The van der Waals surface area contributed by atoms with E-state index >= 15 is 0 Å². The molecule has 0 aliphatic carbocycles. The first-order valence-electron chi connectivity index (χ1n) is 17.4. The second kappa shape index (κ2) is 25.7. The lowest BCUT2D eigenvalue weighted by molar-refractivity contribution is 0.0975. The van der Waals surface area contributed by atoms with Gasteiger partial charge in [-0.05, 0) is 86.1 Å². The molecule has 4 aromatic rings. The molecule has 0 spiro atoms. The fourth-order valence-corrected chi connectivity index (χ4v) is 6.63. The second-order valence-electron chi connectivity index (χ2n) is 11.9. The molecule has 0 amide bonds. The lowest BCUT2D eigenvalue weighted by Crippen LogP contribution is -2.13. The number of Topliss-reactive ketones (excluding diaryl/α,β-unsaturated/α-hetero) is 2. The van der Waals surface area contributed by atoms with E-state index in [1.807, 2.05) is 21.3 Å². The molecule has 2 aromatic heterocycles. The summed E-state index contributed by atoms with van der Waals surface area (Å²) in [6.45, 7) is 3.85. The zero-order valence-corrected chi connectivity index (χ0v) is 33.4. The molecule has 4 heterocycles. The summed E-state index contributed by atoms with van der Waals surface area (Å²) in [5.74, 6) is -4.03. The number of aromatic nitrogens is 2. The standard InChI is InChI=1S/2C17H16ClF2NO.C2H6.2CH4.ClHO3S.O3S/c2*18-13-10-12-4-2-1-3-7-21(12)17(13)16(22)9-11-5-6-14(19)15(20)8-11;1-2;;;1-5(2,3)4;1-4(2)3/h2*5-6,8,10H,1-4,7,9H2;1-2H3;2*1H4;(H,2,3,4);/i;;1D;;;;. The summed E-state index contributed by atoms with van der Waals surface area (Å²) >= 11 is 12.5. The Hall–Kier alpha value is -3.54. The summed E-state index contributed by atoms with van der Waals surface area (Å²) in [7, 11) is -3.25. The van der Waals surface area contributed by atoms with Gasteiger partial charge >= 0.3 is 19.9 Å². The molecular formula is C38H47Cl3F4N2O8S2. The first-order chi connectivity index (χ1) is 26.3. The smallest absolute Gasteiger partial charge is 0.341 e. The number of aryl methyl sites for hydroxylation is 2. The van der Waals surface area contributed by atoms with Crippen LogP contribution in [0.1, 0.15) is 112 Å². The monoisotopic (exact) mass is 905 g/mol. The van der Waals surface area contributed by atoms with Gasteiger partial charge in [0.1, 0.15) is 11.4 Å². The van der Waals surface area contributed by atoms with E-state index in [0.717, 1.165) is 100 Å². The summed E-state index contributed by atoms with van der Waals surface area (Å²) in [5, 5.41) is 0.897. The Balaban J connectivity index is 0.000000855. The van der Waals surface area contributed by atoms with Crippen LogP contribution in [0.2, 0.25) is 10.0 Å². The number of halogens is 7. The minimum Gasteiger partial charge on any atom is -0.341 e. The molecule has 2 aromatic carbocycles. The van der Waals surface area contributed by atoms with Crippen molar-refractivity contribution in [2.45, 2.75) is 106 Å². The molecule has 0 radical (unpaired) electrons. The molecule has 19 heteroatoms. The zero-order valence-electron chi connectivity index (χ0n) is 30.5.